The Labute approximate surface area is 133 Å². The highest BCUT2D eigenvalue weighted by molar-refractivity contribution is 6.36. The monoisotopic (exact) mass is 325 g/mol. The largest absolute Gasteiger partial charge is 0.383 e. The predicted octanol–water partition coefficient (Wildman–Crippen LogP) is 3.87. The maximum absolute atomic E-state index is 6.35. The lowest BCUT2D eigenvalue weighted by Crippen LogP contribution is -2.16. The lowest BCUT2D eigenvalue weighted by atomic mass is 9.92. The molecule has 0 spiro atoms. The van der Waals surface area contributed by atoms with Gasteiger partial charge in [-0.2, -0.15) is 5.10 Å². The van der Waals surface area contributed by atoms with E-state index < -0.39 is 0 Å². The Morgan fingerprint density at radius 1 is 1.38 bits per heavy atom. The van der Waals surface area contributed by atoms with Crippen LogP contribution in [-0.2, 0) is 11.8 Å². The smallest absolute Gasteiger partial charge is 0.129 e. The lowest BCUT2D eigenvalue weighted by Gasteiger charge is -2.21. The van der Waals surface area contributed by atoms with Gasteiger partial charge < -0.3 is 10.5 Å². The molecule has 0 amide bonds. The summed E-state index contributed by atoms with van der Waals surface area (Å²) in [5.74, 6) is 0.865. The Morgan fingerprint density at radius 2 is 2.19 bits per heavy atom. The quantitative estimate of drug-likeness (QED) is 0.911. The Hall–Kier alpha value is -1.23. The molecule has 1 aliphatic heterocycles. The summed E-state index contributed by atoms with van der Waals surface area (Å²) >= 11 is 12.3. The van der Waals surface area contributed by atoms with E-state index in [2.05, 4.69) is 5.10 Å². The van der Waals surface area contributed by atoms with Crippen LogP contribution < -0.4 is 5.73 Å². The van der Waals surface area contributed by atoms with E-state index in [-0.39, 0.29) is 5.92 Å². The van der Waals surface area contributed by atoms with Crippen LogP contribution in [0.4, 0.5) is 5.82 Å². The zero-order valence-corrected chi connectivity index (χ0v) is 13.3. The van der Waals surface area contributed by atoms with E-state index in [4.69, 9.17) is 33.7 Å². The van der Waals surface area contributed by atoms with Gasteiger partial charge in [-0.25, -0.2) is 0 Å². The summed E-state index contributed by atoms with van der Waals surface area (Å²) < 4.78 is 7.28. The van der Waals surface area contributed by atoms with Crippen LogP contribution in [0.1, 0.15) is 24.5 Å². The van der Waals surface area contributed by atoms with Crippen molar-refractivity contribution in [3.05, 3.63) is 33.9 Å². The van der Waals surface area contributed by atoms with Crippen LogP contribution in [0.15, 0.2) is 18.2 Å². The number of anilines is 1. The number of hydrogen-bond acceptors (Lipinski definition) is 3. The number of aromatic nitrogens is 2. The molecule has 3 rings (SSSR count). The highest BCUT2D eigenvalue weighted by atomic mass is 35.5. The third-order valence-corrected chi connectivity index (χ3v) is 4.41. The van der Waals surface area contributed by atoms with Gasteiger partial charge in [-0.3, -0.25) is 4.68 Å². The van der Waals surface area contributed by atoms with Crippen molar-refractivity contribution in [2.75, 3.05) is 18.9 Å². The molecule has 1 saturated heterocycles. The second kappa shape index (κ2) is 5.87. The van der Waals surface area contributed by atoms with Gasteiger partial charge in [0.1, 0.15) is 5.82 Å². The molecule has 1 aliphatic rings. The molecule has 0 aliphatic carbocycles. The molecule has 0 radical (unpaired) electrons. The average Bonchev–Trinajstić information content (AvgIpc) is 2.76. The van der Waals surface area contributed by atoms with E-state index in [9.17, 15) is 0 Å². The molecule has 0 bridgehead atoms. The van der Waals surface area contributed by atoms with Crippen LogP contribution >= 0.6 is 23.2 Å². The molecule has 1 aromatic carbocycles. The summed E-state index contributed by atoms with van der Waals surface area (Å²) in [6, 6.07) is 5.44. The molecule has 4 nitrogen and oxygen atoms in total. The van der Waals surface area contributed by atoms with Gasteiger partial charge in [-0.1, -0.05) is 29.3 Å². The highest BCUT2D eigenvalue weighted by Gasteiger charge is 2.26. The number of hydrogen-bond donors (Lipinski definition) is 1. The number of rotatable bonds is 2. The summed E-state index contributed by atoms with van der Waals surface area (Å²) in [7, 11) is 1.84. The van der Waals surface area contributed by atoms with Crippen molar-refractivity contribution in [2.45, 2.75) is 18.8 Å². The summed E-state index contributed by atoms with van der Waals surface area (Å²) in [5.41, 5.74) is 8.94. The Morgan fingerprint density at radius 3 is 2.86 bits per heavy atom. The number of ether oxygens (including phenoxy) is 1. The van der Waals surface area contributed by atoms with Crippen LogP contribution in [0, 0.1) is 0 Å². The zero-order valence-electron chi connectivity index (χ0n) is 11.8. The number of benzene rings is 1. The van der Waals surface area contributed by atoms with Gasteiger partial charge in [0.2, 0.25) is 0 Å². The van der Waals surface area contributed by atoms with Crippen molar-refractivity contribution in [3.63, 3.8) is 0 Å². The molecule has 1 fully saturated rings. The van der Waals surface area contributed by atoms with Gasteiger partial charge in [0.05, 0.1) is 17.3 Å². The SMILES string of the molecule is Cn1nc(C2CCCOC2)c(-c2ccc(Cl)cc2Cl)c1N. The maximum Gasteiger partial charge on any atom is 0.129 e. The van der Waals surface area contributed by atoms with Crippen molar-refractivity contribution in [3.8, 4) is 11.1 Å². The maximum atomic E-state index is 6.35. The first-order chi connectivity index (χ1) is 10.1. The second-order valence-corrected chi connectivity index (χ2v) is 6.15. The van der Waals surface area contributed by atoms with Gasteiger partial charge in [-0.05, 0) is 25.0 Å². The molecule has 2 heterocycles. The Kier molecular flexibility index (Phi) is 4.11. The third-order valence-electron chi connectivity index (χ3n) is 3.87. The molecule has 1 atom stereocenters. The summed E-state index contributed by atoms with van der Waals surface area (Å²) in [5, 5.41) is 5.78. The molecule has 2 N–H and O–H groups in total. The second-order valence-electron chi connectivity index (χ2n) is 5.31. The first-order valence-electron chi connectivity index (χ1n) is 6.93. The van der Waals surface area contributed by atoms with Crippen LogP contribution in [0.5, 0.6) is 0 Å². The van der Waals surface area contributed by atoms with Gasteiger partial charge >= 0.3 is 0 Å². The van der Waals surface area contributed by atoms with Gasteiger partial charge in [-0.15, -0.1) is 0 Å². The van der Waals surface area contributed by atoms with Crippen LogP contribution in [0.25, 0.3) is 11.1 Å². The number of nitrogens with zero attached hydrogens (tertiary/aromatic N) is 2. The van der Waals surface area contributed by atoms with E-state index in [0.717, 1.165) is 36.3 Å². The number of nitrogens with two attached hydrogens (primary N) is 1. The predicted molar refractivity (Wildman–Crippen MR) is 85.9 cm³/mol. The fourth-order valence-electron chi connectivity index (χ4n) is 2.77. The molecule has 6 heteroatoms. The standard InChI is InChI=1S/C15H17Cl2N3O/c1-20-15(18)13(11-5-4-10(16)7-12(11)17)14(19-20)9-3-2-6-21-8-9/h4-5,7,9H,2-3,6,8,18H2,1H3. The lowest BCUT2D eigenvalue weighted by molar-refractivity contribution is 0.0793. The number of nitrogen functional groups attached to an aromatic ring is 1. The van der Waals surface area contributed by atoms with Crippen LogP contribution in [0.3, 0.4) is 0 Å². The van der Waals surface area contributed by atoms with Crippen molar-refractivity contribution in [1.82, 2.24) is 9.78 Å². The summed E-state index contributed by atoms with van der Waals surface area (Å²) in [4.78, 5) is 0. The van der Waals surface area contributed by atoms with E-state index in [1.807, 2.05) is 19.2 Å². The molecule has 21 heavy (non-hydrogen) atoms. The number of aryl methyl sites for hydroxylation is 1. The topological polar surface area (TPSA) is 53.1 Å². The molecular weight excluding hydrogens is 309 g/mol. The van der Waals surface area contributed by atoms with Gasteiger partial charge in [0.25, 0.3) is 0 Å². The summed E-state index contributed by atoms with van der Waals surface area (Å²) in [6.45, 7) is 1.49. The third kappa shape index (κ3) is 2.76. The number of halogens is 2. The van der Waals surface area contributed by atoms with Crippen molar-refractivity contribution in [1.29, 1.82) is 0 Å². The average molecular weight is 326 g/mol. The molecule has 112 valence electrons. The van der Waals surface area contributed by atoms with Crippen molar-refractivity contribution >= 4 is 29.0 Å². The Balaban J connectivity index is 2.12. The van der Waals surface area contributed by atoms with Crippen LogP contribution in [-0.4, -0.2) is 23.0 Å². The molecule has 1 unspecified atom stereocenters. The van der Waals surface area contributed by atoms with E-state index in [1.54, 1.807) is 10.7 Å². The fraction of sp³-hybridized carbons (Fsp3) is 0.400. The highest BCUT2D eigenvalue weighted by Crippen LogP contribution is 2.40. The first-order valence-corrected chi connectivity index (χ1v) is 7.69. The normalized spacial score (nSPS) is 18.9. The minimum absolute atomic E-state index is 0.254. The van der Waals surface area contributed by atoms with Crippen LogP contribution in [0.2, 0.25) is 10.0 Å². The van der Waals surface area contributed by atoms with Gasteiger partial charge in [0, 0.05) is 35.7 Å². The van der Waals surface area contributed by atoms with E-state index in [1.165, 1.54) is 0 Å². The van der Waals surface area contributed by atoms with Crippen molar-refractivity contribution < 1.29 is 4.74 Å². The molecule has 2 aromatic rings. The Bertz CT molecular complexity index is 663. The first kappa shape index (κ1) is 14.7. The fourth-order valence-corrected chi connectivity index (χ4v) is 3.27. The zero-order chi connectivity index (χ0) is 15.0. The molecule has 0 saturated carbocycles. The minimum atomic E-state index is 0.254. The van der Waals surface area contributed by atoms with Gasteiger partial charge in [0.15, 0.2) is 0 Å². The minimum Gasteiger partial charge on any atom is -0.383 e. The van der Waals surface area contributed by atoms with E-state index in [0.29, 0.717) is 22.5 Å². The van der Waals surface area contributed by atoms with E-state index >= 15 is 0 Å². The van der Waals surface area contributed by atoms with Crippen molar-refractivity contribution in [2.24, 2.45) is 7.05 Å². The summed E-state index contributed by atoms with van der Waals surface area (Å²) in [6.07, 6.45) is 2.09. The molecule has 1 aromatic heterocycles. The molecular formula is C15H17Cl2N3O.